The van der Waals surface area contributed by atoms with Crippen LogP contribution in [0.4, 0.5) is 4.79 Å². The lowest BCUT2D eigenvalue weighted by molar-refractivity contribution is 0.0491. The number of ether oxygens (including phenoxy) is 1. The van der Waals surface area contributed by atoms with Gasteiger partial charge < -0.3 is 14.5 Å². The van der Waals surface area contributed by atoms with Gasteiger partial charge in [-0.1, -0.05) is 106 Å². The number of hydrogen-bond donors (Lipinski definition) is 1. The molecule has 3 aromatic carbocycles. The summed E-state index contributed by atoms with van der Waals surface area (Å²) >= 11 is 0. The molecule has 0 aliphatic carbocycles. The smallest absolute Gasteiger partial charge is 0.408 e. The molecule has 39 heavy (non-hydrogen) atoms. The summed E-state index contributed by atoms with van der Waals surface area (Å²) in [7, 11) is -0.920. The number of rotatable bonds is 10. The molecule has 2 unspecified atom stereocenters. The molecular formula is C34H46NO3Si. The Hall–Kier alpha value is -2.89. The number of carbonyl (C=O) groups excluding carboxylic acids is 1. The largest absolute Gasteiger partial charge is 0.444 e. The summed E-state index contributed by atoms with van der Waals surface area (Å²) in [5.74, 6) is 0.145. The summed E-state index contributed by atoms with van der Waals surface area (Å²) in [6.07, 6.45) is 5.57. The van der Waals surface area contributed by atoms with E-state index in [0.717, 1.165) is 12.0 Å². The Morgan fingerprint density at radius 1 is 0.821 bits per heavy atom. The molecular weight excluding hydrogens is 498 g/mol. The molecule has 4 nitrogen and oxygen atoms in total. The van der Waals surface area contributed by atoms with Crippen LogP contribution in [0.15, 0.2) is 84.9 Å². The topological polar surface area (TPSA) is 47.6 Å². The van der Waals surface area contributed by atoms with E-state index in [0.29, 0.717) is 6.42 Å². The fourth-order valence-corrected chi connectivity index (χ4v) is 5.88. The molecule has 0 bridgehead atoms. The SMILES string of the molecule is C[Si](C)OC(C(C=C[C@@H](Cc1ccc2ccccc2c1)NC(=O)OC(C)(C)C)Cc1ccccc1)C(C)(C)C. The van der Waals surface area contributed by atoms with E-state index in [4.69, 9.17) is 9.16 Å². The quantitative estimate of drug-likeness (QED) is 0.206. The number of benzene rings is 3. The molecule has 3 rings (SSSR count). The third kappa shape index (κ3) is 10.3. The van der Waals surface area contributed by atoms with Gasteiger partial charge in [0.1, 0.15) is 5.60 Å². The summed E-state index contributed by atoms with van der Waals surface area (Å²) in [5.41, 5.74) is 1.83. The third-order valence-electron chi connectivity index (χ3n) is 6.48. The van der Waals surface area contributed by atoms with Crippen molar-refractivity contribution in [2.75, 3.05) is 0 Å². The summed E-state index contributed by atoms with van der Waals surface area (Å²) < 4.78 is 12.3. The van der Waals surface area contributed by atoms with Crippen LogP contribution < -0.4 is 5.32 Å². The Balaban J connectivity index is 1.94. The summed E-state index contributed by atoms with van der Waals surface area (Å²) in [4.78, 5) is 12.9. The summed E-state index contributed by atoms with van der Waals surface area (Å²) in [6, 6.07) is 25.2. The Kier molecular flexibility index (Phi) is 10.6. The van der Waals surface area contributed by atoms with Crippen molar-refractivity contribution in [3.05, 3.63) is 96.1 Å². The standard InChI is InChI=1S/C34H46NO3Si/c1-33(2,3)31(38-39(7)8)29(22-25-14-10-9-11-15-25)20-21-30(35-32(36)37-34(4,5)6)24-26-18-19-27-16-12-13-17-28(27)23-26/h9-21,23,29-31H,22,24H2,1-8H3,(H,35,36)/t29?,30-,31?/m0/s1. The number of nitrogens with one attached hydrogen (secondary N) is 1. The van der Waals surface area contributed by atoms with Crippen molar-refractivity contribution in [3.63, 3.8) is 0 Å². The van der Waals surface area contributed by atoms with E-state index in [1.54, 1.807) is 0 Å². The summed E-state index contributed by atoms with van der Waals surface area (Å²) in [5, 5.41) is 5.53. The van der Waals surface area contributed by atoms with Gasteiger partial charge in [0.15, 0.2) is 0 Å². The molecule has 0 spiro atoms. The van der Waals surface area contributed by atoms with E-state index in [-0.39, 0.29) is 23.5 Å². The monoisotopic (exact) mass is 544 g/mol. The second kappa shape index (κ2) is 13.4. The molecule has 0 heterocycles. The first-order valence-corrected chi connectivity index (χ1v) is 16.4. The lowest BCUT2D eigenvalue weighted by atomic mass is 9.78. The first-order valence-electron chi connectivity index (χ1n) is 14.0. The van der Waals surface area contributed by atoms with Gasteiger partial charge in [0, 0.05) is 5.92 Å². The lowest BCUT2D eigenvalue weighted by Crippen LogP contribution is -2.41. The average Bonchev–Trinajstić information content (AvgIpc) is 2.83. The number of amides is 1. The maximum Gasteiger partial charge on any atom is 0.408 e. The van der Waals surface area contributed by atoms with Gasteiger partial charge in [-0.2, -0.15) is 0 Å². The average molecular weight is 545 g/mol. The second-order valence-corrected chi connectivity index (χ2v) is 14.7. The molecule has 1 radical (unpaired) electrons. The van der Waals surface area contributed by atoms with Crippen LogP contribution in [0.5, 0.6) is 0 Å². The van der Waals surface area contributed by atoms with Crippen LogP contribution in [0.3, 0.4) is 0 Å². The molecule has 0 aliphatic rings. The van der Waals surface area contributed by atoms with Crippen LogP contribution in [0.2, 0.25) is 13.1 Å². The number of fused-ring (bicyclic) bond motifs is 1. The van der Waals surface area contributed by atoms with Gasteiger partial charge in [0.05, 0.1) is 12.1 Å². The van der Waals surface area contributed by atoms with Gasteiger partial charge in [0.25, 0.3) is 0 Å². The highest BCUT2D eigenvalue weighted by molar-refractivity contribution is 6.48. The van der Waals surface area contributed by atoms with Crippen LogP contribution in [0, 0.1) is 11.3 Å². The minimum absolute atomic E-state index is 0.0423. The highest BCUT2D eigenvalue weighted by atomic mass is 28.3. The van der Waals surface area contributed by atoms with Crippen molar-refractivity contribution in [1.29, 1.82) is 0 Å². The predicted molar refractivity (Wildman–Crippen MR) is 165 cm³/mol. The van der Waals surface area contributed by atoms with Crippen LogP contribution >= 0.6 is 0 Å². The van der Waals surface area contributed by atoms with Gasteiger partial charge in [0.2, 0.25) is 9.04 Å². The highest BCUT2D eigenvalue weighted by Gasteiger charge is 2.33. The normalized spacial score (nSPS) is 14.9. The number of alkyl carbamates (subject to hydrolysis) is 1. The van der Waals surface area contributed by atoms with E-state index >= 15 is 0 Å². The van der Waals surface area contributed by atoms with Gasteiger partial charge in [-0.25, -0.2) is 4.79 Å². The van der Waals surface area contributed by atoms with Crippen LogP contribution in [-0.2, 0) is 22.0 Å². The molecule has 1 amide bonds. The van der Waals surface area contributed by atoms with Crippen LogP contribution in [-0.4, -0.2) is 32.9 Å². The molecule has 3 atom stereocenters. The predicted octanol–water partition coefficient (Wildman–Crippen LogP) is 8.37. The van der Waals surface area contributed by atoms with Gasteiger partial charge >= 0.3 is 6.09 Å². The molecule has 209 valence electrons. The van der Waals surface area contributed by atoms with Crippen LogP contribution in [0.25, 0.3) is 10.8 Å². The minimum atomic E-state index is -0.920. The molecule has 0 aliphatic heterocycles. The van der Waals surface area contributed by atoms with Crippen molar-refractivity contribution in [2.24, 2.45) is 11.3 Å². The van der Waals surface area contributed by atoms with Crippen molar-refractivity contribution in [1.82, 2.24) is 5.32 Å². The summed E-state index contributed by atoms with van der Waals surface area (Å²) in [6.45, 7) is 16.8. The fourth-order valence-electron chi connectivity index (χ4n) is 4.85. The fraction of sp³-hybridized carbons (Fsp3) is 0.441. The van der Waals surface area contributed by atoms with Gasteiger partial charge in [-0.3, -0.25) is 0 Å². The van der Waals surface area contributed by atoms with Crippen molar-refractivity contribution in [2.45, 2.75) is 85.2 Å². The van der Waals surface area contributed by atoms with Crippen molar-refractivity contribution in [3.8, 4) is 0 Å². The molecule has 0 saturated heterocycles. The van der Waals surface area contributed by atoms with Crippen LogP contribution in [0.1, 0.15) is 52.7 Å². The van der Waals surface area contributed by atoms with Crippen molar-refractivity contribution < 1.29 is 14.0 Å². The first-order chi connectivity index (χ1) is 18.3. The van der Waals surface area contributed by atoms with E-state index in [9.17, 15) is 4.79 Å². The second-order valence-electron chi connectivity index (χ2n) is 12.7. The van der Waals surface area contributed by atoms with Crippen molar-refractivity contribution >= 4 is 25.9 Å². The van der Waals surface area contributed by atoms with E-state index in [1.165, 1.54) is 16.3 Å². The first kappa shape index (κ1) is 30.6. The molecule has 0 aromatic heterocycles. The zero-order chi connectivity index (χ0) is 28.6. The Bertz CT molecular complexity index is 1220. The zero-order valence-corrected chi connectivity index (χ0v) is 26.0. The molecule has 3 aromatic rings. The molecule has 0 saturated carbocycles. The van der Waals surface area contributed by atoms with E-state index in [1.807, 2.05) is 20.8 Å². The number of carbonyl (C=O) groups is 1. The van der Waals surface area contributed by atoms with E-state index in [2.05, 4.69) is 124 Å². The molecule has 5 heteroatoms. The zero-order valence-electron chi connectivity index (χ0n) is 25.0. The Morgan fingerprint density at radius 3 is 2.08 bits per heavy atom. The number of hydrogen-bond acceptors (Lipinski definition) is 3. The Labute approximate surface area is 237 Å². The molecule has 0 fully saturated rings. The van der Waals surface area contributed by atoms with Gasteiger partial charge in [-0.15, -0.1) is 0 Å². The third-order valence-corrected chi connectivity index (χ3v) is 7.21. The maximum absolute atomic E-state index is 12.9. The van der Waals surface area contributed by atoms with Gasteiger partial charge in [-0.05, 0) is 74.0 Å². The Morgan fingerprint density at radius 2 is 1.46 bits per heavy atom. The van der Waals surface area contributed by atoms with E-state index < -0.39 is 20.7 Å². The highest BCUT2D eigenvalue weighted by Crippen LogP contribution is 2.32. The maximum atomic E-state index is 12.9. The lowest BCUT2D eigenvalue weighted by Gasteiger charge is -2.37. The minimum Gasteiger partial charge on any atom is -0.444 e. The molecule has 1 N–H and O–H groups in total.